The minimum atomic E-state index is 0.203. The zero-order chi connectivity index (χ0) is 19.3. The smallest absolute Gasteiger partial charge is 0.227 e. The van der Waals surface area contributed by atoms with Crippen LogP contribution in [0.15, 0.2) is 45.6 Å². The summed E-state index contributed by atoms with van der Waals surface area (Å²) in [7, 11) is 0. The van der Waals surface area contributed by atoms with Crippen molar-refractivity contribution in [3.05, 3.63) is 57.6 Å². The van der Waals surface area contributed by atoms with Crippen LogP contribution in [0.5, 0.6) is 0 Å². The zero-order valence-electron chi connectivity index (χ0n) is 15.5. The predicted molar refractivity (Wildman–Crippen MR) is 110 cm³/mol. The molecule has 0 N–H and O–H groups in total. The molecule has 0 radical (unpaired) electrons. The van der Waals surface area contributed by atoms with Gasteiger partial charge in [0.05, 0.1) is 0 Å². The molecule has 4 rings (SSSR count). The number of aromatic nitrogens is 2. The topological polar surface area (TPSA) is 59.2 Å². The molecule has 1 aromatic carbocycles. The second-order valence-corrected chi connectivity index (χ2v) is 8.42. The maximum atomic E-state index is 12.7. The van der Waals surface area contributed by atoms with Crippen LogP contribution >= 0.6 is 22.9 Å². The third-order valence-corrected chi connectivity index (χ3v) is 6.02. The van der Waals surface area contributed by atoms with Crippen LogP contribution in [-0.2, 0) is 17.6 Å². The molecule has 1 fully saturated rings. The van der Waals surface area contributed by atoms with Gasteiger partial charge >= 0.3 is 0 Å². The fourth-order valence-corrected chi connectivity index (χ4v) is 4.50. The molecule has 0 saturated carbocycles. The first-order chi connectivity index (χ1) is 13.7. The summed E-state index contributed by atoms with van der Waals surface area (Å²) in [6.07, 6.45) is 4.03. The van der Waals surface area contributed by atoms with E-state index in [4.69, 9.17) is 16.1 Å². The molecule has 0 spiro atoms. The molecule has 1 aliphatic heterocycles. The monoisotopic (exact) mass is 415 g/mol. The number of carbonyl (C=O) groups excluding carboxylic acids is 1. The summed E-state index contributed by atoms with van der Waals surface area (Å²) < 4.78 is 5.43. The molecule has 7 heteroatoms. The molecular formula is C21H22ClN3O2S. The number of halogens is 1. The lowest BCUT2D eigenvalue weighted by molar-refractivity contribution is -0.133. The van der Waals surface area contributed by atoms with Gasteiger partial charge in [0.25, 0.3) is 0 Å². The van der Waals surface area contributed by atoms with E-state index >= 15 is 0 Å². The SMILES string of the molecule is O=C(CCc1cccc(Cl)c1)N1CCCC(Cc2nc(-c3ccsc3)no2)C1. The van der Waals surface area contributed by atoms with E-state index in [1.54, 1.807) is 11.3 Å². The molecule has 1 aliphatic rings. The molecule has 3 aromatic rings. The van der Waals surface area contributed by atoms with Crippen LogP contribution in [0.2, 0.25) is 5.02 Å². The molecule has 28 heavy (non-hydrogen) atoms. The number of rotatable bonds is 6. The minimum Gasteiger partial charge on any atom is -0.342 e. The van der Waals surface area contributed by atoms with E-state index in [1.165, 1.54) is 0 Å². The first-order valence-electron chi connectivity index (χ1n) is 9.55. The van der Waals surface area contributed by atoms with E-state index in [0.29, 0.717) is 35.5 Å². The van der Waals surface area contributed by atoms with Crippen molar-refractivity contribution in [2.45, 2.75) is 32.1 Å². The molecule has 5 nitrogen and oxygen atoms in total. The van der Waals surface area contributed by atoms with Gasteiger partial charge in [-0.2, -0.15) is 16.3 Å². The molecule has 1 saturated heterocycles. The average molecular weight is 416 g/mol. The Balaban J connectivity index is 1.30. The van der Waals surface area contributed by atoms with Gasteiger partial charge in [0, 0.05) is 41.9 Å². The van der Waals surface area contributed by atoms with Crippen LogP contribution in [0.1, 0.15) is 30.7 Å². The summed E-state index contributed by atoms with van der Waals surface area (Å²) in [6, 6.07) is 9.70. The molecule has 2 aromatic heterocycles. The summed E-state index contributed by atoms with van der Waals surface area (Å²) in [5.74, 6) is 1.86. The molecule has 0 aliphatic carbocycles. The zero-order valence-corrected chi connectivity index (χ0v) is 17.1. The standard InChI is InChI=1S/C21H22ClN3O2S/c22-18-5-1-3-15(11-18)6-7-20(26)25-9-2-4-16(13-25)12-19-23-21(24-27-19)17-8-10-28-14-17/h1,3,5,8,10-11,14,16H,2,4,6-7,9,12-13H2. The predicted octanol–water partition coefficient (Wildman–Crippen LogP) is 4.87. The van der Waals surface area contributed by atoms with Crippen molar-refractivity contribution >= 4 is 28.8 Å². The van der Waals surface area contributed by atoms with Crippen molar-refractivity contribution in [2.75, 3.05) is 13.1 Å². The fourth-order valence-electron chi connectivity index (χ4n) is 3.65. The largest absolute Gasteiger partial charge is 0.342 e. The fraction of sp³-hybridized carbons (Fsp3) is 0.381. The second kappa shape index (κ2) is 8.88. The summed E-state index contributed by atoms with van der Waals surface area (Å²) in [5, 5.41) is 8.80. The average Bonchev–Trinajstić information content (AvgIpc) is 3.38. The van der Waals surface area contributed by atoms with Gasteiger partial charge in [0.2, 0.25) is 17.6 Å². The summed E-state index contributed by atoms with van der Waals surface area (Å²) in [5.41, 5.74) is 2.09. The van der Waals surface area contributed by atoms with Gasteiger partial charge in [0.15, 0.2) is 0 Å². The number of benzene rings is 1. The van der Waals surface area contributed by atoms with E-state index in [1.807, 2.05) is 46.0 Å². The first-order valence-corrected chi connectivity index (χ1v) is 10.9. The lowest BCUT2D eigenvalue weighted by Gasteiger charge is -2.32. The summed E-state index contributed by atoms with van der Waals surface area (Å²) in [6.45, 7) is 1.58. The highest BCUT2D eigenvalue weighted by Gasteiger charge is 2.25. The highest BCUT2D eigenvalue weighted by atomic mass is 35.5. The molecule has 0 bridgehead atoms. The number of nitrogens with zero attached hydrogens (tertiary/aromatic N) is 3. The minimum absolute atomic E-state index is 0.203. The number of hydrogen-bond acceptors (Lipinski definition) is 5. The van der Waals surface area contributed by atoms with Crippen molar-refractivity contribution in [1.82, 2.24) is 15.0 Å². The van der Waals surface area contributed by atoms with Crippen LogP contribution in [0.4, 0.5) is 0 Å². The Morgan fingerprint density at radius 2 is 2.29 bits per heavy atom. The number of likely N-dealkylation sites (tertiary alicyclic amines) is 1. The highest BCUT2D eigenvalue weighted by Crippen LogP contribution is 2.24. The maximum absolute atomic E-state index is 12.7. The Hall–Kier alpha value is -2.18. The number of thiophene rings is 1. The lowest BCUT2D eigenvalue weighted by Crippen LogP contribution is -2.40. The molecular weight excluding hydrogens is 394 g/mol. The summed E-state index contributed by atoms with van der Waals surface area (Å²) >= 11 is 7.64. The van der Waals surface area contributed by atoms with E-state index < -0.39 is 0 Å². The van der Waals surface area contributed by atoms with Crippen LogP contribution in [0, 0.1) is 5.92 Å². The first kappa shape index (κ1) is 19.2. The van der Waals surface area contributed by atoms with Crippen LogP contribution in [0.3, 0.4) is 0 Å². The molecule has 146 valence electrons. The van der Waals surface area contributed by atoms with E-state index in [-0.39, 0.29) is 5.91 Å². The van der Waals surface area contributed by atoms with Gasteiger partial charge < -0.3 is 9.42 Å². The van der Waals surface area contributed by atoms with Crippen molar-refractivity contribution < 1.29 is 9.32 Å². The van der Waals surface area contributed by atoms with Gasteiger partial charge in [-0.25, -0.2) is 0 Å². The number of hydrogen-bond donors (Lipinski definition) is 0. The Kier molecular flexibility index (Phi) is 6.07. The van der Waals surface area contributed by atoms with E-state index in [9.17, 15) is 4.79 Å². The van der Waals surface area contributed by atoms with Gasteiger partial charge in [-0.3, -0.25) is 4.79 Å². The number of amides is 1. The lowest BCUT2D eigenvalue weighted by atomic mass is 9.94. The highest BCUT2D eigenvalue weighted by molar-refractivity contribution is 7.08. The quantitative estimate of drug-likeness (QED) is 0.576. The van der Waals surface area contributed by atoms with Crippen LogP contribution in [-0.4, -0.2) is 34.0 Å². The van der Waals surface area contributed by atoms with E-state index in [0.717, 1.165) is 43.5 Å². The molecule has 1 amide bonds. The third-order valence-electron chi connectivity index (χ3n) is 5.10. The Morgan fingerprint density at radius 1 is 1.36 bits per heavy atom. The third kappa shape index (κ3) is 4.80. The summed E-state index contributed by atoms with van der Waals surface area (Å²) in [4.78, 5) is 19.2. The Morgan fingerprint density at radius 3 is 3.11 bits per heavy atom. The Bertz CT molecular complexity index is 925. The van der Waals surface area contributed by atoms with Gasteiger partial charge in [-0.1, -0.05) is 28.9 Å². The van der Waals surface area contributed by atoms with Crippen LogP contribution in [0.25, 0.3) is 11.4 Å². The van der Waals surface area contributed by atoms with Gasteiger partial charge in [-0.15, -0.1) is 0 Å². The van der Waals surface area contributed by atoms with Crippen molar-refractivity contribution in [2.24, 2.45) is 5.92 Å². The van der Waals surface area contributed by atoms with Crippen molar-refractivity contribution in [1.29, 1.82) is 0 Å². The molecule has 3 heterocycles. The van der Waals surface area contributed by atoms with Crippen LogP contribution < -0.4 is 0 Å². The van der Waals surface area contributed by atoms with Gasteiger partial charge in [0.1, 0.15) is 0 Å². The Labute approximate surface area is 173 Å². The molecule has 1 unspecified atom stereocenters. The van der Waals surface area contributed by atoms with E-state index in [2.05, 4.69) is 10.1 Å². The number of carbonyl (C=O) groups is 1. The van der Waals surface area contributed by atoms with Gasteiger partial charge in [-0.05, 0) is 54.3 Å². The normalized spacial score (nSPS) is 17.0. The second-order valence-electron chi connectivity index (χ2n) is 7.21. The number of aryl methyl sites for hydroxylation is 1. The van der Waals surface area contributed by atoms with Crippen molar-refractivity contribution in [3.63, 3.8) is 0 Å². The maximum Gasteiger partial charge on any atom is 0.227 e. The number of piperidine rings is 1. The molecule has 1 atom stereocenters. The van der Waals surface area contributed by atoms with Crippen molar-refractivity contribution in [3.8, 4) is 11.4 Å².